The van der Waals surface area contributed by atoms with Crippen molar-refractivity contribution < 1.29 is 9.59 Å². The van der Waals surface area contributed by atoms with Crippen LogP contribution in [0, 0.1) is 0 Å². The summed E-state index contributed by atoms with van der Waals surface area (Å²) in [6.45, 7) is 2.61. The number of hydrogen-bond donors (Lipinski definition) is 1. The number of nitrogens with zero attached hydrogens (tertiary/aromatic N) is 4. The maximum atomic E-state index is 12.7. The van der Waals surface area contributed by atoms with Crippen molar-refractivity contribution in [2.24, 2.45) is 0 Å². The third-order valence-electron chi connectivity index (χ3n) is 5.29. The lowest BCUT2D eigenvalue weighted by atomic mass is 9.95. The summed E-state index contributed by atoms with van der Waals surface area (Å²) < 4.78 is 1.66. The van der Waals surface area contributed by atoms with Crippen LogP contribution < -0.4 is 5.32 Å². The molecule has 4 rings (SSSR count). The Hall–Kier alpha value is -2.70. The van der Waals surface area contributed by atoms with Gasteiger partial charge in [-0.2, -0.15) is 0 Å². The SMILES string of the molecule is CC1C(=O)N(C)Cc2c(CNC(=O)C3(c4ccccc4)CC3)nnn21. The second-order valence-corrected chi connectivity index (χ2v) is 6.93. The van der Waals surface area contributed by atoms with E-state index in [0.717, 1.165) is 29.8 Å². The van der Waals surface area contributed by atoms with Crippen molar-refractivity contribution >= 4 is 11.8 Å². The van der Waals surface area contributed by atoms with E-state index in [9.17, 15) is 9.59 Å². The van der Waals surface area contributed by atoms with Gasteiger partial charge in [-0.15, -0.1) is 5.10 Å². The van der Waals surface area contributed by atoms with Gasteiger partial charge in [0.2, 0.25) is 11.8 Å². The molecule has 1 aromatic heterocycles. The van der Waals surface area contributed by atoms with Crippen LogP contribution in [0.25, 0.3) is 0 Å². The standard InChI is InChI=1S/C18H21N5O2/c1-12-16(24)22(2)11-15-14(20-21-23(12)15)10-19-17(25)18(8-9-18)13-6-4-3-5-7-13/h3-7,12H,8-11H2,1-2H3,(H,19,25). The first kappa shape index (κ1) is 15.8. The van der Waals surface area contributed by atoms with E-state index < -0.39 is 5.41 Å². The van der Waals surface area contributed by atoms with Crippen molar-refractivity contribution in [3.63, 3.8) is 0 Å². The minimum atomic E-state index is -0.394. The monoisotopic (exact) mass is 339 g/mol. The third-order valence-corrected chi connectivity index (χ3v) is 5.29. The van der Waals surface area contributed by atoms with Gasteiger partial charge < -0.3 is 10.2 Å². The molecule has 0 bridgehead atoms. The maximum absolute atomic E-state index is 12.7. The topological polar surface area (TPSA) is 80.1 Å². The Balaban J connectivity index is 1.49. The molecule has 0 radical (unpaired) electrons. The molecule has 1 aliphatic heterocycles. The lowest BCUT2D eigenvalue weighted by Gasteiger charge is -2.28. The largest absolute Gasteiger partial charge is 0.350 e. The third kappa shape index (κ3) is 2.50. The van der Waals surface area contributed by atoms with Gasteiger partial charge in [-0.25, -0.2) is 4.68 Å². The van der Waals surface area contributed by atoms with Crippen molar-refractivity contribution in [2.45, 2.75) is 44.3 Å². The number of hydrogen-bond acceptors (Lipinski definition) is 4. The molecule has 1 atom stereocenters. The predicted molar refractivity (Wildman–Crippen MR) is 90.4 cm³/mol. The zero-order valence-corrected chi connectivity index (χ0v) is 14.4. The molecule has 0 spiro atoms. The fraction of sp³-hybridized carbons (Fsp3) is 0.444. The molecule has 7 nitrogen and oxygen atoms in total. The number of likely N-dealkylation sites (N-methyl/N-ethyl adjacent to an activating group) is 1. The summed E-state index contributed by atoms with van der Waals surface area (Å²) in [5.74, 6) is 0.0581. The minimum Gasteiger partial charge on any atom is -0.350 e. The number of benzene rings is 1. The average molecular weight is 339 g/mol. The molecule has 2 aliphatic rings. The molecular formula is C18H21N5O2. The molecule has 7 heteroatoms. The molecule has 2 amide bonds. The molecule has 2 heterocycles. The molecule has 25 heavy (non-hydrogen) atoms. The van der Waals surface area contributed by atoms with Crippen LogP contribution in [0.2, 0.25) is 0 Å². The molecular weight excluding hydrogens is 318 g/mol. The van der Waals surface area contributed by atoms with Crippen LogP contribution in [-0.2, 0) is 28.1 Å². The number of fused-ring (bicyclic) bond motifs is 1. The van der Waals surface area contributed by atoms with Gasteiger partial charge in [0, 0.05) is 7.05 Å². The normalized spacial score (nSPS) is 21.0. The van der Waals surface area contributed by atoms with E-state index in [-0.39, 0.29) is 17.9 Å². The molecule has 1 fully saturated rings. The fourth-order valence-electron chi connectivity index (χ4n) is 3.55. The Morgan fingerprint density at radius 2 is 2.04 bits per heavy atom. The van der Waals surface area contributed by atoms with Gasteiger partial charge in [0.1, 0.15) is 11.7 Å². The smallest absolute Gasteiger partial charge is 0.247 e. The Morgan fingerprint density at radius 1 is 1.32 bits per heavy atom. The molecule has 1 saturated carbocycles. The van der Waals surface area contributed by atoms with Crippen LogP contribution in [0.3, 0.4) is 0 Å². The van der Waals surface area contributed by atoms with Crippen LogP contribution in [0.15, 0.2) is 30.3 Å². The minimum absolute atomic E-state index is 0.0222. The fourth-order valence-corrected chi connectivity index (χ4v) is 3.55. The molecule has 1 aromatic carbocycles. The summed E-state index contributed by atoms with van der Waals surface area (Å²) >= 11 is 0. The Kier molecular flexibility index (Phi) is 3.59. The number of rotatable bonds is 4. The predicted octanol–water partition coefficient (Wildman–Crippen LogP) is 1.16. The number of carbonyl (C=O) groups excluding carboxylic acids is 2. The van der Waals surface area contributed by atoms with Crippen LogP contribution >= 0.6 is 0 Å². The Bertz CT molecular complexity index is 825. The number of carbonyl (C=O) groups is 2. The van der Waals surface area contributed by atoms with Crippen LogP contribution in [0.1, 0.15) is 42.8 Å². The van der Waals surface area contributed by atoms with Crippen molar-refractivity contribution in [3.8, 4) is 0 Å². The Morgan fingerprint density at radius 3 is 2.72 bits per heavy atom. The van der Waals surface area contributed by atoms with E-state index >= 15 is 0 Å². The number of aromatic nitrogens is 3. The zero-order valence-electron chi connectivity index (χ0n) is 14.4. The number of nitrogens with one attached hydrogen (secondary N) is 1. The van der Waals surface area contributed by atoms with Crippen molar-refractivity contribution in [2.75, 3.05) is 7.05 Å². The van der Waals surface area contributed by atoms with Gasteiger partial charge in [-0.05, 0) is 25.3 Å². The van der Waals surface area contributed by atoms with Gasteiger partial charge in [0.15, 0.2) is 0 Å². The Labute approximate surface area is 146 Å². The molecule has 1 N–H and O–H groups in total. The lowest BCUT2D eigenvalue weighted by Crippen LogP contribution is -2.40. The van der Waals surface area contributed by atoms with Gasteiger partial charge in [0.25, 0.3) is 0 Å². The highest BCUT2D eigenvalue weighted by Crippen LogP contribution is 2.48. The van der Waals surface area contributed by atoms with Crippen LogP contribution in [0.5, 0.6) is 0 Å². The van der Waals surface area contributed by atoms with Gasteiger partial charge in [0.05, 0.1) is 24.2 Å². The van der Waals surface area contributed by atoms with Crippen molar-refractivity contribution in [1.82, 2.24) is 25.2 Å². The summed E-state index contributed by atoms with van der Waals surface area (Å²) in [5.41, 5.74) is 2.29. The zero-order chi connectivity index (χ0) is 17.6. The highest BCUT2D eigenvalue weighted by atomic mass is 16.2. The molecule has 0 saturated heterocycles. The molecule has 1 aliphatic carbocycles. The van der Waals surface area contributed by atoms with Crippen molar-refractivity contribution in [3.05, 3.63) is 47.3 Å². The van der Waals surface area contributed by atoms with Crippen molar-refractivity contribution in [1.29, 1.82) is 0 Å². The molecule has 130 valence electrons. The quantitative estimate of drug-likeness (QED) is 0.906. The first-order chi connectivity index (χ1) is 12.0. The van der Waals surface area contributed by atoms with E-state index in [4.69, 9.17) is 0 Å². The summed E-state index contributed by atoms with van der Waals surface area (Å²) in [7, 11) is 1.77. The van der Waals surface area contributed by atoms with Gasteiger partial charge >= 0.3 is 0 Å². The first-order valence-corrected chi connectivity index (χ1v) is 8.55. The van der Waals surface area contributed by atoms with E-state index in [0.29, 0.717) is 13.1 Å². The second kappa shape index (κ2) is 5.68. The second-order valence-electron chi connectivity index (χ2n) is 6.93. The first-order valence-electron chi connectivity index (χ1n) is 8.55. The van der Waals surface area contributed by atoms with Gasteiger partial charge in [-0.1, -0.05) is 35.5 Å². The average Bonchev–Trinajstić information content (AvgIpc) is 3.35. The summed E-state index contributed by atoms with van der Waals surface area (Å²) in [5, 5.41) is 11.3. The van der Waals surface area contributed by atoms with E-state index in [2.05, 4.69) is 15.6 Å². The highest BCUT2D eigenvalue weighted by Gasteiger charge is 2.51. The van der Waals surface area contributed by atoms with Gasteiger partial charge in [-0.3, -0.25) is 9.59 Å². The van der Waals surface area contributed by atoms with Crippen LogP contribution in [0.4, 0.5) is 0 Å². The lowest BCUT2D eigenvalue weighted by molar-refractivity contribution is -0.135. The van der Waals surface area contributed by atoms with Crippen LogP contribution in [-0.4, -0.2) is 38.8 Å². The maximum Gasteiger partial charge on any atom is 0.247 e. The van der Waals surface area contributed by atoms with E-state index in [1.165, 1.54) is 0 Å². The summed E-state index contributed by atoms with van der Waals surface area (Å²) in [6, 6.07) is 9.55. The summed E-state index contributed by atoms with van der Waals surface area (Å²) in [4.78, 5) is 26.4. The molecule has 1 unspecified atom stereocenters. The summed E-state index contributed by atoms with van der Waals surface area (Å²) in [6.07, 6.45) is 1.74. The number of amides is 2. The van der Waals surface area contributed by atoms with E-state index in [1.807, 2.05) is 37.3 Å². The molecule has 2 aromatic rings. The highest BCUT2D eigenvalue weighted by molar-refractivity contribution is 5.91. The van der Waals surface area contributed by atoms with E-state index in [1.54, 1.807) is 16.6 Å².